The third kappa shape index (κ3) is 4.16. The van der Waals surface area contributed by atoms with Crippen LogP contribution in [0.25, 0.3) is 55.2 Å². The maximum Gasteiger partial charge on any atom is 0.337 e. The number of nitrogens with zero attached hydrogens (tertiary/aromatic N) is 4. The number of fused-ring (bicyclic) bond motifs is 10. The van der Waals surface area contributed by atoms with Gasteiger partial charge in [-0.1, -0.05) is 24.3 Å². The Morgan fingerprint density at radius 2 is 1.11 bits per heavy atom. The van der Waals surface area contributed by atoms with E-state index in [1.165, 1.54) is 23.0 Å². The predicted octanol–water partition coefficient (Wildman–Crippen LogP) is 4.23. The first-order valence-corrected chi connectivity index (χ1v) is 13.4. The first kappa shape index (κ1) is 26.6. The van der Waals surface area contributed by atoms with Crippen molar-refractivity contribution in [2.45, 2.75) is 0 Å². The van der Waals surface area contributed by atoms with E-state index in [2.05, 4.69) is 19.9 Å². The van der Waals surface area contributed by atoms with Gasteiger partial charge in [0.2, 0.25) is 0 Å². The highest BCUT2D eigenvalue weighted by molar-refractivity contribution is 6.00. The van der Waals surface area contributed by atoms with Gasteiger partial charge in [0, 0.05) is 10.8 Å². The summed E-state index contributed by atoms with van der Waals surface area (Å²) in [6.45, 7) is 0. The van der Waals surface area contributed by atoms with E-state index in [0.717, 1.165) is 21.8 Å². The molecule has 0 spiro atoms. The Hall–Kier alpha value is -6.30. The van der Waals surface area contributed by atoms with E-state index in [9.17, 15) is 19.2 Å². The summed E-state index contributed by atoms with van der Waals surface area (Å²) in [7, 11) is 2.65. The second-order valence-corrected chi connectivity index (χ2v) is 9.88. The van der Waals surface area contributed by atoms with Gasteiger partial charge in [0.25, 0.3) is 0 Å². The third-order valence-electron chi connectivity index (χ3n) is 7.38. The fraction of sp³-hybridized carbons (Fsp3) is 0.0625. The lowest BCUT2D eigenvalue weighted by molar-refractivity contribution is 0.0592. The van der Waals surface area contributed by atoms with Gasteiger partial charge in [0.05, 0.1) is 58.4 Å². The van der Waals surface area contributed by atoms with E-state index in [1.807, 2.05) is 48.5 Å². The van der Waals surface area contributed by atoms with Crippen LogP contribution < -0.4 is 11.4 Å². The zero-order chi connectivity index (χ0) is 30.5. The molecular formula is C32H22N6O6. The number of esters is 2. The van der Waals surface area contributed by atoms with Gasteiger partial charge >= 0.3 is 23.3 Å². The molecule has 0 saturated carbocycles. The smallest absolute Gasteiger partial charge is 0.337 e. The third-order valence-corrected chi connectivity index (χ3v) is 7.38. The molecule has 4 aromatic carbocycles. The molecule has 8 aromatic rings. The molecule has 12 nitrogen and oxygen atoms in total. The largest absolute Gasteiger partial charge is 0.465 e. The number of aromatic nitrogens is 6. The maximum atomic E-state index is 12.4. The van der Waals surface area contributed by atoms with Gasteiger partial charge in [-0.3, -0.25) is 0 Å². The van der Waals surface area contributed by atoms with Crippen LogP contribution in [0.5, 0.6) is 0 Å². The number of rotatable bonds is 2. The molecule has 0 unspecified atom stereocenters. The van der Waals surface area contributed by atoms with Gasteiger partial charge in [-0.2, -0.15) is 0 Å². The van der Waals surface area contributed by atoms with Crippen molar-refractivity contribution in [1.29, 1.82) is 0 Å². The number of para-hydroxylation sites is 2. The highest BCUT2D eigenvalue weighted by Gasteiger charge is 2.15. The van der Waals surface area contributed by atoms with E-state index in [-0.39, 0.29) is 11.4 Å². The van der Waals surface area contributed by atoms with E-state index in [4.69, 9.17) is 9.47 Å². The van der Waals surface area contributed by atoms with E-state index < -0.39 is 11.9 Å². The van der Waals surface area contributed by atoms with Crippen molar-refractivity contribution in [3.63, 3.8) is 0 Å². The zero-order valence-corrected chi connectivity index (χ0v) is 23.3. The number of aromatic amines is 2. The molecule has 8 rings (SSSR count). The molecule has 2 N–H and O–H groups in total. The Balaban J connectivity index is 0.000000142. The number of methoxy groups -OCH3 is 2. The summed E-state index contributed by atoms with van der Waals surface area (Å²) in [5.74, 6) is -0.883. The van der Waals surface area contributed by atoms with Crippen LogP contribution in [-0.2, 0) is 9.47 Å². The second-order valence-electron chi connectivity index (χ2n) is 9.88. The Bertz CT molecular complexity index is 2530. The summed E-state index contributed by atoms with van der Waals surface area (Å²) >= 11 is 0. The number of imidazole rings is 2. The number of benzene rings is 4. The molecule has 0 bridgehead atoms. The van der Waals surface area contributed by atoms with Gasteiger partial charge in [0.1, 0.15) is 0 Å². The topological polar surface area (TPSA) is 153 Å². The minimum atomic E-state index is -0.450. The van der Waals surface area contributed by atoms with Crippen molar-refractivity contribution in [2.75, 3.05) is 14.2 Å². The summed E-state index contributed by atoms with van der Waals surface area (Å²) in [6, 6.07) is 24.8. The summed E-state index contributed by atoms with van der Waals surface area (Å²) < 4.78 is 12.4. The van der Waals surface area contributed by atoms with Crippen molar-refractivity contribution in [3.05, 3.63) is 117 Å². The fourth-order valence-electron chi connectivity index (χ4n) is 5.33. The van der Waals surface area contributed by atoms with Crippen LogP contribution in [0, 0.1) is 0 Å². The predicted molar refractivity (Wildman–Crippen MR) is 164 cm³/mol. The SMILES string of the molecule is COC(=O)c1ccc2c(c1)nc1c3ccccc3[nH]c(=O)n21.COC(=O)c1ccc2nc3c4ccccc4[nH]c(=O)n3c2c1. The van der Waals surface area contributed by atoms with Crippen LogP contribution in [0.1, 0.15) is 20.7 Å². The molecule has 0 atom stereocenters. The van der Waals surface area contributed by atoms with Crippen molar-refractivity contribution < 1.29 is 19.1 Å². The number of hydrogen-bond donors (Lipinski definition) is 2. The summed E-state index contributed by atoms with van der Waals surface area (Å²) in [4.78, 5) is 62.7. The molecule has 0 aliphatic rings. The van der Waals surface area contributed by atoms with Gasteiger partial charge < -0.3 is 19.4 Å². The quantitative estimate of drug-likeness (QED) is 0.286. The van der Waals surface area contributed by atoms with Crippen LogP contribution in [0.3, 0.4) is 0 Å². The van der Waals surface area contributed by atoms with Crippen molar-refractivity contribution in [3.8, 4) is 0 Å². The van der Waals surface area contributed by atoms with Crippen molar-refractivity contribution in [2.24, 2.45) is 0 Å². The Morgan fingerprint density at radius 1 is 0.614 bits per heavy atom. The number of ether oxygens (including phenoxy) is 2. The van der Waals surface area contributed by atoms with Crippen LogP contribution in [-0.4, -0.2) is 54.9 Å². The van der Waals surface area contributed by atoms with Crippen LogP contribution >= 0.6 is 0 Å². The average Bonchev–Trinajstić information content (AvgIpc) is 3.64. The molecule has 0 aliphatic heterocycles. The Morgan fingerprint density at radius 3 is 1.70 bits per heavy atom. The van der Waals surface area contributed by atoms with Gasteiger partial charge in [-0.25, -0.2) is 37.9 Å². The number of H-pyrrole nitrogens is 2. The Labute approximate surface area is 246 Å². The standard InChI is InChI=1S/2C16H11N3O3/c1-22-15(20)9-6-7-13-12(8-9)17-14-10-4-2-3-5-11(10)18-16(21)19(13)14;1-22-15(20)9-6-7-12-13(8-9)19-14(17-12)10-4-2-3-5-11(10)18-16(19)21/h2*2-8H,1H3,(H,18,21). The second kappa shape index (κ2) is 10.2. The lowest BCUT2D eigenvalue weighted by atomic mass is 10.2. The highest BCUT2D eigenvalue weighted by Crippen LogP contribution is 2.23. The summed E-state index contributed by atoms with van der Waals surface area (Å²) in [5.41, 5.74) is 5.25. The average molecular weight is 587 g/mol. The molecule has 0 radical (unpaired) electrons. The number of hydrogen-bond acceptors (Lipinski definition) is 8. The fourth-order valence-corrected chi connectivity index (χ4v) is 5.33. The van der Waals surface area contributed by atoms with Gasteiger partial charge in [0.15, 0.2) is 11.3 Å². The van der Waals surface area contributed by atoms with Crippen LogP contribution in [0.4, 0.5) is 0 Å². The number of nitrogens with one attached hydrogen (secondary N) is 2. The number of carbonyl (C=O) groups is 2. The molecule has 0 amide bonds. The summed E-state index contributed by atoms with van der Waals surface area (Å²) in [5, 5.41) is 1.69. The van der Waals surface area contributed by atoms with Crippen LogP contribution in [0.15, 0.2) is 94.5 Å². The molecule has 0 saturated heterocycles. The van der Waals surface area contributed by atoms with Crippen molar-refractivity contribution in [1.82, 2.24) is 28.7 Å². The maximum absolute atomic E-state index is 12.4. The zero-order valence-electron chi connectivity index (χ0n) is 23.3. The summed E-state index contributed by atoms with van der Waals surface area (Å²) in [6.07, 6.45) is 0. The van der Waals surface area contributed by atoms with Crippen molar-refractivity contribution >= 4 is 67.1 Å². The molecule has 0 fully saturated rings. The molecule has 12 heteroatoms. The molecular weight excluding hydrogens is 564 g/mol. The van der Waals surface area contributed by atoms with E-state index >= 15 is 0 Å². The van der Waals surface area contributed by atoms with Gasteiger partial charge in [-0.15, -0.1) is 0 Å². The molecule has 4 aromatic heterocycles. The first-order valence-electron chi connectivity index (χ1n) is 13.4. The monoisotopic (exact) mass is 586 g/mol. The molecule has 216 valence electrons. The lowest BCUT2D eigenvalue weighted by Gasteiger charge is -2.01. The van der Waals surface area contributed by atoms with E-state index in [1.54, 1.807) is 36.4 Å². The minimum absolute atomic E-state index is 0.262. The lowest BCUT2D eigenvalue weighted by Crippen LogP contribution is -2.16. The molecule has 0 aliphatic carbocycles. The normalized spacial score (nSPS) is 11.3. The van der Waals surface area contributed by atoms with Gasteiger partial charge in [-0.05, 0) is 60.7 Å². The highest BCUT2D eigenvalue weighted by atomic mass is 16.5. The first-order chi connectivity index (χ1) is 21.4. The molecule has 4 heterocycles. The van der Waals surface area contributed by atoms with E-state index in [0.29, 0.717) is 44.5 Å². The Kier molecular flexibility index (Phi) is 6.17. The number of carbonyl (C=O) groups excluding carboxylic acids is 2. The minimum Gasteiger partial charge on any atom is -0.465 e. The molecule has 44 heavy (non-hydrogen) atoms. The van der Waals surface area contributed by atoms with Crippen LogP contribution in [0.2, 0.25) is 0 Å².